The molecule has 0 spiro atoms. The summed E-state index contributed by atoms with van der Waals surface area (Å²) >= 11 is 0. The van der Waals surface area contributed by atoms with Gasteiger partial charge in [0.15, 0.2) is 0 Å². The molecule has 2 atom stereocenters. The molecule has 0 fully saturated rings. The van der Waals surface area contributed by atoms with Crippen molar-refractivity contribution in [1.82, 2.24) is 0 Å². The molecule has 1 heteroatoms. The molecule has 0 radical (unpaired) electrons. The summed E-state index contributed by atoms with van der Waals surface area (Å²) in [5.74, 6) is 0.292. The molecule has 0 aromatic heterocycles. The van der Waals surface area contributed by atoms with Crippen LogP contribution in [-0.4, -0.2) is 11.2 Å². The Balaban J connectivity index is 2.59. The van der Waals surface area contributed by atoms with Gasteiger partial charge in [-0.3, -0.25) is 0 Å². The molecule has 1 aliphatic rings. The lowest BCUT2D eigenvalue weighted by molar-refractivity contribution is 0.184. The molecule has 0 amide bonds. The lowest BCUT2D eigenvalue weighted by Gasteiger charge is -2.12. The van der Waals surface area contributed by atoms with Crippen LogP contribution in [0.5, 0.6) is 0 Å². The van der Waals surface area contributed by atoms with Gasteiger partial charge in [0.05, 0.1) is 6.10 Å². The van der Waals surface area contributed by atoms with E-state index >= 15 is 0 Å². The van der Waals surface area contributed by atoms with Crippen molar-refractivity contribution in [2.24, 2.45) is 5.92 Å². The van der Waals surface area contributed by atoms with Crippen molar-refractivity contribution in [1.29, 1.82) is 0 Å². The van der Waals surface area contributed by atoms with Gasteiger partial charge in [0, 0.05) is 5.92 Å². The molecule has 0 saturated carbocycles. The third-order valence-electron chi connectivity index (χ3n) is 1.37. The van der Waals surface area contributed by atoms with E-state index in [-0.39, 0.29) is 6.10 Å². The first kappa shape index (κ1) is 5.57. The van der Waals surface area contributed by atoms with Gasteiger partial charge >= 0.3 is 0 Å². The molecule has 44 valence electrons. The molecule has 8 heavy (non-hydrogen) atoms. The summed E-state index contributed by atoms with van der Waals surface area (Å²) in [5, 5.41) is 9.04. The van der Waals surface area contributed by atoms with E-state index in [4.69, 9.17) is 5.11 Å². The van der Waals surface area contributed by atoms with Crippen LogP contribution in [0.2, 0.25) is 0 Å². The molecule has 0 heterocycles. The summed E-state index contributed by atoms with van der Waals surface area (Å²) in [5.41, 5.74) is 0. The molecule has 0 aromatic rings. The van der Waals surface area contributed by atoms with Crippen molar-refractivity contribution in [2.45, 2.75) is 13.0 Å². The monoisotopic (exact) mass is 110 g/mol. The lowest BCUT2D eigenvalue weighted by atomic mass is 10.0. The maximum absolute atomic E-state index is 9.04. The van der Waals surface area contributed by atoms with E-state index in [1.54, 1.807) is 6.08 Å². The van der Waals surface area contributed by atoms with Crippen LogP contribution < -0.4 is 0 Å². The van der Waals surface area contributed by atoms with Gasteiger partial charge in [0.25, 0.3) is 0 Å². The van der Waals surface area contributed by atoms with Crippen molar-refractivity contribution in [3.8, 4) is 0 Å². The SMILES string of the molecule is C[C@@H]1C=CC=CC1O. The van der Waals surface area contributed by atoms with E-state index in [0.29, 0.717) is 5.92 Å². The Bertz CT molecular complexity index is 108. The number of aliphatic hydroxyl groups is 1. The molecule has 0 aromatic carbocycles. The Morgan fingerprint density at radius 1 is 1.25 bits per heavy atom. The Kier molecular flexibility index (Phi) is 1.49. The molecule has 1 nitrogen and oxygen atoms in total. The van der Waals surface area contributed by atoms with Crippen LogP contribution in [0.3, 0.4) is 0 Å². The fraction of sp³-hybridized carbons (Fsp3) is 0.429. The lowest BCUT2D eigenvalue weighted by Crippen LogP contribution is -2.13. The Morgan fingerprint density at radius 3 is 2.25 bits per heavy atom. The van der Waals surface area contributed by atoms with Crippen molar-refractivity contribution in [3.63, 3.8) is 0 Å². The first-order chi connectivity index (χ1) is 3.80. The largest absolute Gasteiger partial charge is 0.388 e. The average Bonchev–Trinajstić information content (AvgIpc) is 1.77. The minimum atomic E-state index is -0.264. The second kappa shape index (κ2) is 2.14. The zero-order valence-electron chi connectivity index (χ0n) is 4.91. The molecule has 0 aliphatic heterocycles. The Hall–Kier alpha value is -0.560. The van der Waals surface area contributed by atoms with E-state index < -0.39 is 0 Å². The number of aliphatic hydroxyl groups excluding tert-OH is 1. The van der Waals surface area contributed by atoms with Crippen LogP contribution in [0.4, 0.5) is 0 Å². The standard InChI is InChI=1S/C7H10O/c1-6-4-2-3-5-7(6)8/h2-8H,1H3/t6-,7?/m1/s1. The summed E-state index contributed by atoms with van der Waals surface area (Å²) in [6, 6.07) is 0. The summed E-state index contributed by atoms with van der Waals surface area (Å²) in [7, 11) is 0. The highest BCUT2D eigenvalue weighted by molar-refractivity contribution is 5.13. The first-order valence-electron chi connectivity index (χ1n) is 2.84. The van der Waals surface area contributed by atoms with Gasteiger partial charge in [-0.25, -0.2) is 0 Å². The number of rotatable bonds is 0. The minimum absolute atomic E-state index is 0.264. The molecule has 1 rings (SSSR count). The highest BCUT2D eigenvalue weighted by Gasteiger charge is 2.07. The molecule has 1 N–H and O–H groups in total. The van der Waals surface area contributed by atoms with E-state index in [1.807, 2.05) is 25.2 Å². The van der Waals surface area contributed by atoms with Crippen LogP contribution in [0.15, 0.2) is 24.3 Å². The van der Waals surface area contributed by atoms with E-state index in [0.717, 1.165) is 0 Å². The van der Waals surface area contributed by atoms with Gasteiger partial charge in [-0.1, -0.05) is 31.2 Å². The molecular weight excluding hydrogens is 100 g/mol. The maximum Gasteiger partial charge on any atom is 0.0783 e. The van der Waals surface area contributed by atoms with Crippen LogP contribution in [-0.2, 0) is 0 Å². The predicted molar refractivity (Wildman–Crippen MR) is 33.5 cm³/mol. The van der Waals surface area contributed by atoms with E-state index in [2.05, 4.69) is 0 Å². The number of hydrogen-bond donors (Lipinski definition) is 1. The van der Waals surface area contributed by atoms with Crippen molar-refractivity contribution < 1.29 is 5.11 Å². The summed E-state index contributed by atoms with van der Waals surface area (Å²) in [6.07, 6.45) is 7.34. The third kappa shape index (κ3) is 0.984. The van der Waals surface area contributed by atoms with Crippen LogP contribution in [0, 0.1) is 5.92 Å². The van der Waals surface area contributed by atoms with Gasteiger partial charge < -0.3 is 5.11 Å². The predicted octanol–water partition coefficient (Wildman–Crippen LogP) is 1.11. The fourth-order valence-corrected chi connectivity index (χ4v) is 0.707. The summed E-state index contributed by atoms with van der Waals surface area (Å²) in [4.78, 5) is 0. The quantitative estimate of drug-likeness (QED) is 0.495. The van der Waals surface area contributed by atoms with Gasteiger partial charge in [-0.2, -0.15) is 0 Å². The van der Waals surface area contributed by atoms with Gasteiger partial charge in [-0.05, 0) is 0 Å². The molecular formula is C7H10O. The zero-order valence-corrected chi connectivity index (χ0v) is 4.91. The second-order valence-electron chi connectivity index (χ2n) is 2.12. The zero-order chi connectivity index (χ0) is 5.98. The molecule has 0 bridgehead atoms. The maximum atomic E-state index is 9.04. The van der Waals surface area contributed by atoms with Crippen molar-refractivity contribution in [3.05, 3.63) is 24.3 Å². The first-order valence-corrected chi connectivity index (χ1v) is 2.84. The van der Waals surface area contributed by atoms with Crippen molar-refractivity contribution >= 4 is 0 Å². The van der Waals surface area contributed by atoms with Crippen LogP contribution in [0.1, 0.15) is 6.92 Å². The van der Waals surface area contributed by atoms with Crippen LogP contribution in [0.25, 0.3) is 0 Å². The molecule has 1 aliphatic carbocycles. The second-order valence-corrected chi connectivity index (χ2v) is 2.12. The smallest absolute Gasteiger partial charge is 0.0783 e. The van der Waals surface area contributed by atoms with Gasteiger partial charge in [0.2, 0.25) is 0 Å². The van der Waals surface area contributed by atoms with Crippen LogP contribution >= 0.6 is 0 Å². The highest BCUT2D eigenvalue weighted by Crippen LogP contribution is 2.09. The number of allylic oxidation sites excluding steroid dienone is 2. The van der Waals surface area contributed by atoms with E-state index in [1.165, 1.54) is 0 Å². The molecule has 0 saturated heterocycles. The van der Waals surface area contributed by atoms with E-state index in [9.17, 15) is 0 Å². The Morgan fingerprint density at radius 2 is 1.88 bits per heavy atom. The third-order valence-corrected chi connectivity index (χ3v) is 1.37. The normalized spacial score (nSPS) is 35.8. The fourth-order valence-electron chi connectivity index (χ4n) is 0.707. The summed E-state index contributed by atoms with van der Waals surface area (Å²) in [6.45, 7) is 1.99. The summed E-state index contributed by atoms with van der Waals surface area (Å²) < 4.78 is 0. The average molecular weight is 110 g/mol. The minimum Gasteiger partial charge on any atom is -0.388 e. The van der Waals surface area contributed by atoms with Gasteiger partial charge in [-0.15, -0.1) is 0 Å². The Labute approximate surface area is 49.3 Å². The number of hydrogen-bond acceptors (Lipinski definition) is 1. The topological polar surface area (TPSA) is 20.2 Å². The van der Waals surface area contributed by atoms with Crippen molar-refractivity contribution in [2.75, 3.05) is 0 Å². The van der Waals surface area contributed by atoms with Gasteiger partial charge in [0.1, 0.15) is 0 Å². The molecule has 1 unspecified atom stereocenters. The highest BCUT2D eigenvalue weighted by atomic mass is 16.3.